The largest absolute Gasteiger partial charge is 0.384 e. The molecule has 0 radical (unpaired) electrons. The second-order valence-corrected chi connectivity index (χ2v) is 4.78. The van der Waals surface area contributed by atoms with Gasteiger partial charge >= 0.3 is 0 Å². The molecule has 0 spiro atoms. The van der Waals surface area contributed by atoms with E-state index in [1.165, 1.54) is 25.1 Å². The third kappa shape index (κ3) is 3.56. The molecule has 2 N–H and O–H groups in total. The molecular formula is C13H20N2. The van der Waals surface area contributed by atoms with E-state index >= 15 is 0 Å². The van der Waals surface area contributed by atoms with E-state index in [-0.39, 0.29) is 0 Å². The van der Waals surface area contributed by atoms with Crippen LogP contribution in [0.15, 0.2) is 30.3 Å². The Balaban J connectivity index is 1.55. The molecule has 1 aliphatic carbocycles. The zero-order valence-electron chi connectivity index (χ0n) is 9.42. The Morgan fingerprint density at radius 1 is 1.13 bits per heavy atom. The first-order valence-electron chi connectivity index (χ1n) is 5.78. The van der Waals surface area contributed by atoms with Gasteiger partial charge in [-0.15, -0.1) is 0 Å². The highest BCUT2D eigenvalue weighted by Gasteiger charge is 2.36. The van der Waals surface area contributed by atoms with E-state index in [0.29, 0.717) is 5.41 Å². The zero-order valence-corrected chi connectivity index (χ0v) is 9.42. The van der Waals surface area contributed by atoms with Gasteiger partial charge in [0.15, 0.2) is 0 Å². The summed E-state index contributed by atoms with van der Waals surface area (Å²) in [4.78, 5) is 0. The summed E-state index contributed by atoms with van der Waals surface area (Å²) in [7, 11) is 0. The number of nitrogens with one attached hydrogen (secondary N) is 2. The average Bonchev–Trinajstić information content (AvgIpc) is 2.98. The molecule has 2 heteroatoms. The summed E-state index contributed by atoms with van der Waals surface area (Å²) in [6.45, 7) is 5.57. The Morgan fingerprint density at radius 3 is 2.53 bits per heavy atom. The van der Waals surface area contributed by atoms with Crippen molar-refractivity contribution in [1.82, 2.24) is 5.32 Å². The van der Waals surface area contributed by atoms with Gasteiger partial charge in [0.25, 0.3) is 0 Å². The van der Waals surface area contributed by atoms with Gasteiger partial charge in [0, 0.05) is 25.3 Å². The first kappa shape index (κ1) is 10.5. The molecule has 0 aliphatic heterocycles. The molecule has 1 aromatic rings. The van der Waals surface area contributed by atoms with Crippen molar-refractivity contribution in [1.29, 1.82) is 0 Å². The summed E-state index contributed by atoms with van der Waals surface area (Å²) in [6.07, 6.45) is 2.79. The van der Waals surface area contributed by atoms with Gasteiger partial charge in [-0.05, 0) is 30.4 Å². The first-order valence-corrected chi connectivity index (χ1v) is 5.78. The van der Waals surface area contributed by atoms with Crippen LogP contribution in [-0.2, 0) is 0 Å². The van der Waals surface area contributed by atoms with Gasteiger partial charge in [0.2, 0.25) is 0 Å². The summed E-state index contributed by atoms with van der Waals surface area (Å²) in [5.41, 5.74) is 1.82. The van der Waals surface area contributed by atoms with Crippen LogP contribution >= 0.6 is 0 Å². The Bertz CT molecular complexity index is 291. The highest BCUT2D eigenvalue weighted by molar-refractivity contribution is 5.42. The number of anilines is 1. The Hall–Kier alpha value is -1.02. The number of hydrogen-bond donors (Lipinski definition) is 2. The lowest BCUT2D eigenvalue weighted by Crippen LogP contribution is -2.27. The maximum atomic E-state index is 3.50. The van der Waals surface area contributed by atoms with E-state index in [1.54, 1.807) is 0 Å². The molecule has 0 amide bonds. The van der Waals surface area contributed by atoms with Crippen molar-refractivity contribution in [2.24, 2.45) is 5.41 Å². The smallest absolute Gasteiger partial charge is 0.0340 e. The van der Waals surface area contributed by atoms with E-state index in [4.69, 9.17) is 0 Å². The molecule has 1 aliphatic rings. The van der Waals surface area contributed by atoms with E-state index in [2.05, 4.69) is 41.8 Å². The maximum Gasteiger partial charge on any atom is 0.0340 e. The molecule has 82 valence electrons. The predicted molar refractivity (Wildman–Crippen MR) is 65.1 cm³/mol. The van der Waals surface area contributed by atoms with Crippen molar-refractivity contribution in [3.8, 4) is 0 Å². The normalized spacial score (nSPS) is 17.4. The molecule has 0 saturated heterocycles. The molecule has 2 rings (SSSR count). The summed E-state index contributed by atoms with van der Waals surface area (Å²) < 4.78 is 0. The molecule has 0 atom stereocenters. The topological polar surface area (TPSA) is 24.1 Å². The number of hydrogen-bond acceptors (Lipinski definition) is 2. The zero-order chi connectivity index (χ0) is 10.6. The van der Waals surface area contributed by atoms with Crippen molar-refractivity contribution in [3.05, 3.63) is 30.3 Å². The summed E-state index contributed by atoms with van der Waals surface area (Å²) >= 11 is 0. The van der Waals surface area contributed by atoms with Gasteiger partial charge in [-0.1, -0.05) is 25.1 Å². The molecule has 15 heavy (non-hydrogen) atoms. The second-order valence-electron chi connectivity index (χ2n) is 4.78. The standard InChI is InChI=1S/C13H20N2/c1-13(7-8-13)11-14-9-10-15-12-5-3-2-4-6-12/h2-6,14-15H,7-11H2,1H3. The predicted octanol–water partition coefficient (Wildman–Crippen LogP) is 2.49. The lowest BCUT2D eigenvalue weighted by Gasteiger charge is -2.10. The van der Waals surface area contributed by atoms with Crippen LogP contribution in [0.4, 0.5) is 5.69 Å². The van der Waals surface area contributed by atoms with E-state index in [9.17, 15) is 0 Å². The van der Waals surface area contributed by atoms with E-state index in [0.717, 1.165) is 13.1 Å². The van der Waals surface area contributed by atoms with Gasteiger partial charge in [-0.25, -0.2) is 0 Å². The summed E-state index contributed by atoms with van der Waals surface area (Å²) in [5.74, 6) is 0. The highest BCUT2D eigenvalue weighted by atomic mass is 15.0. The van der Waals surface area contributed by atoms with Crippen LogP contribution < -0.4 is 10.6 Å². The van der Waals surface area contributed by atoms with Crippen molar-refractivity contribution >= 4 is 5.69 Å². The van der Waals surface area contributed by atoms with Crippen LogP contribution in [0, 0.1) is 5.41 Å². The first-order chi connectivity index (χ1) is 7.29. The lowest BCUT2D eigenvalue weighted by molar-refractivity contribution is 0.507. The van der Waals surface area contributed by atoms with Gasteiger partial charge in [0.1, 0.15) is 0 Å². The van der Waals surface area contributed by atoms with Crippen LogP contribution in [0.5, 0.6) is 0 Å². The average molecular weight is 204 g/mol. The Labute approximate surface area is 92.1 Å². The van der Waals surface area contributed by atoms with Crippen LogP contribution in [-0.4, -0.2) is 19.6 Å². The minimum Gasteiger partial charge on any atom is -0.384 e. The van der Waals surface area contributed by atoms with Crippen LogP contribution in [0.25, 0.3) is 0 Å². The molecule has 0 unspecified atom stereocenters. The molecule has 1 aromatic carbocycles. The third-order valence-electron chi connectivity index (χ3n) is 3.06. The van der Waals surface area contributed by atoms with Gasteiger partial charge in [-0.2, -0.15) is 0 Å². The molecule has 1 saturated carbocycles. The minimum atomic E-state index is 0.618. The van der Waals surface area contributed by atoms with Gasteiger partial charge < -0.3 is 10.6 Å². The van der Waals surface area contributed by atoms with Crippen molar-refractivity contribution in [2.45, 2.75) is 19.8 Å². The second kappa shape index (κ2) is 4.67. The van der Waals surface area contributed by atoms with Gasteiger partial charge in [0.05, 0.1) is 0 Å². The molecule has 0 bridgehead atoms. The SMILES string of the molecule is CC1(CNCCNc2ccccc2)CC1. The number of para-hydroxylation sites is 1. The minimum absolute atomic E-state index is 0.618. The molecule has 2 nitrogen and oxygen atoms in total. The number of rotatable bonds is 6. The summed E-state index contributed by atoms with van der Waals surface area (Å²) in [5, 5.41) is 6.88. The maximum absolute atomic E-state index is 3.50. The van der Waals surface area contributed by atoms with Crippen LogP contribution in [0.1, 0.15) is 19.8 Å². The van der Waals surface area contributed by atoms with Crippen LogP contribution in [0.2, 0.25) is 0 Å². The highest BCUT2D eigenvalue weighted by Crippen LogP contribution is 2.43. The molecule has 1 fully saturated rings. The quantitative estimate of drug-likeness (QED) is 0.696. The van der Waals surface area contributed by atoms with Crippen molar-refractivity contribution in [3.63, 3.8) is 0 Å². The van der Waals surface area contributed by atoms with Crippen molar-refractivity contribution in [2.75, 3.05) is 25.0 Å². The third-order valence-corrected chi connectivity index (χ3v) is 3.06. The summed E-state index contributed by atoms with van der Waals surface area (Å²) in [6, 6.07) is 10.4. The van der Waals surface area contributed by atoms with Crippen molar-refractivity contribution < 1.29 is 0 Å². The van der Waals surface area contributed by atoms with E-state index in [1.807, 2.05) is 6.07 Å². The lowest BCUT2D eigenvalue weighted by atomic mass is 10.1. The Kier molecular flexibility index (Phi) is 3.27. The number of benzene rings is 1. The monoisotopic (exact) mass is 204 g/mol. The van der Waals surface area contributed by atoms with Crippen LogP contribution in [0.3, 0.4) is 0 Å². The molecule has 0 heterocycles. The fraction of sp³-hybridized carbons (Fsp3) is 0.538. The van der Waals surface area contributed by atoms with E-state index < -0.39 is 0 Å². The molecular weight excluding hydrogens is 184 g/mol. The fourth-order valence-corrected chi connectivity index (χ4v) is 1.63. The Morgan fingerprint density at radius 2 is 1.87 bits per heavy atom. The fourth-order valence-electron chi connectivity index (χ4n) is 1.63. The van der Waals surface area contributed by atoms with Gasteiger partial charge in [-0.3, -0.25) is 0 Å². The molecule has 0 aromatic heterocycles.